The fraction of sp³-hybridized carbons (Fsp3) is 0.500. The number of carbonyl (C=O) groups excluding carboxylic acids is 2. The molecule has 8 heteroatoms. The molecule has 0 aliphatic rings. The van der Waals surface area contributed by atoms with E-state index in [-0.39, 0.29) is 42.1 Å². The SMILES string of the molecule is CC(N)CC(=O)NC(CC(=O)OC(C)C)c1ccccc1[N+](=O)[O-]. The number of benzene rings is 1. The molecule has 0 radical (unpaired) electrons. The van der Waals surface area contributed by atoms with Gasteiger partial charge in [0.2, 0.25) is 5.91 Å². The summed E-state index contributed by atoms with van der Waals surface area (Å²) in [5.41, 5.74) is 5.68. The fourth-order valence-corrected chi connectivity index (χ4v) is 2.21. The highest BCUT2D eigenvalue weighted by atomic mass is 16.6. The molecule has 132 valence electrons. The lowest BCUT2D eigenvalue weighted by Gasteiger charge is -2.20. The van der Waals surface area contributed by atoms with E-state index in [9.17, 15) is 19.7 Å². The Bertz CT molecular complexity index is 577. The quantitative estimate of drug-likeness (QED) is 0.423. The van der Waals surface area contributed by atoms with E-state index in [1.54, 1.807) is 26.8 Å². The Balaban J connectivity index is 3.06. The maximum atomic E-state index is 12.0. The second kappa shape index (κ2) is 8.97. The first-order valence-electron chi connectivity index (χ1n) is 7.68. The van der Waals surface area contributed by atoms with Crippen molar-refractivity contribution in [2.24, 2.45) is 5.73 Å². The highest BCUT2D eigenvalue weighted by molar-refractivity contribution is 5.79. The van der Waals surface area contributed by atoms with Gasteiger partial charge in [-0.1, -0.05) is 18.2 Å². The average Bonchev–Trinajstić information content (AvgIpc) is 2.44. The number of nitrogens with zero attached hydrogens (tertiary/aromatic N) is 1. The van der Waals surface area contributed by atoms with Gasteiger partial charge in [0.05, 0.1) is 29.1 Å². The predicted molar refractivity (Wildman–Crippen MR) is 88.1 cm³/mol. The van der Waals surface area contributed by atoms with Gasteiger partial charge in [-0.15, -0.1) is 0 Å². The summed E-state index contributed by atoms with van der Waals surface area (Å²) in [6.07, 6.45) is -0.465. The number of ether oxygens (including phenoxy) is 1. The molecule has 2 unspecified atom stereocenters. The summed E-state index contributed by atoms with van der Waals surface area (Å²) in [7, 11) is 0. The maximum absolute atomic E-state index is 12.0. The average molecular weight is 337 g/mol. The van der Waals surface area contributed by atoms with Gasteiger partial charge in [0, 0.05) is 18.5 Å². The number of nitrogens with one attached hydrogen (secondary N) is 1. The lowest BCUT2D eigenvalue weighted by atomic mass is 10.0. The largest absolute Gasteiger partial charge is 0.463 e. The van der Waals surface area contributed by atoms with E-state index in [2.05, 4.69) is 5.32 Å². The molecule has 1 aromatic rings. The topological polar surface area (TPSA) is 125 Å². The lowest BCUT2D eigenvalue weighted by Crippen LogP contribution is -2.34. The molecule has 0 saturated carbocycles. The molecule has 1 rings (SSSR count). The third-order valence-corrected chi connectivity index (χ3v) is 3.09. The van der Waals surface area contributed by atoms with Crippen molar-refractivity contribution in [1.29, 1.82) is 0 Å². The molecule has 0 bridgehead atoms. The Morgan fingerprint density at radius 3 is 2.42 bits per heavy atom. The Morgan fingerprint density at radius 1 is 1.25 bits per heavy atom. The van der Waals surface area contributed by atoms with Gasteiger partial charge in [0.1, 0.15) is 0 Å². The Hall–Kier alpha value is -2.48. The van der Waals surface area contributed by atoms with Gasteiger partial charge in [-0.3, -0.25) is 19.7 Å². The summed E-state index contributed by atoms with van der Waals surface area (Å²) in [5, 5.41) is 13.8. The molecule has 0 aromatic heterocycles. The van der Waals surface area contributed by atoms with Gasteiger partial charge >= 0.3 is 5.97 Å². The van der Waals surface area contributed by atoms with E-state index >= 15 is 0 Å². The van der Waals surface area contributed by atoms with Crippen molar-refractivity contribution >= 4 is 17.6 Å². The second-order valence-corrected chi connectivity index (χ2v) is 5.86. The van der Waals surface area contributed by atoms with Gasteiger partial charge < -0.3 is 15.8 Å². The highest BCUT2D eigenvalue weighted by Gasteiger charge is 2.26. The number of hydrogen-bond acceptors (Lipinski definition) is 6. The van der Waals surface area contributed by atoms with Crippen LogP contribution in [0.4, 0.5) is 5.69 Å². The molecule has 24 heavy (non-hydrogen) atoms. The normalized spacial score (nSPS) is 13.2. The van der Waals surface area contributed by atoms with E-state index in [0.717, 1.165) is 0 Å². The monoisotopic (exact) mass is 337 g/mol. The van der Waals surface area contributed by atoms with Crippen LogP contribution in [-0.2, 0) is 14.3 Å². The molecular weight excluding hydrogens is 314 g/mol. The molecule has 2 atom stereocenters. The van der Waals surface area contributed by atoms with Crippen LogP contribution in [0.25, 0.3) is 0 Å². The van der Waals surface area contributed by atoms with Crippen molar-refractivity contribution in [2.45, 2.75) is 51.8 Å². The van der Waals surface area contributed by atoms with Gasteiger partial charge in [0.15, 0.2) is 0 Å². The molecule has 3 N–H and O–H groups in total. The van der Waals surface area contributed by atoms with Crippen LogP contribution in [0.5, 0.6) is 0 Å². The van der Waals surface area contributed by atoms with Crippen molar-refractivity contribution in [3.63, 3.8) is 0 Å². The molecule has 0 spiro atoms. The van der Waals surface area contributed by atoms with E-state index in [0.29, 0.717) is 0 Å². The highest BCUT2D eigenvalue weighted by Crippen LogP contribution is 2.27. The van der Waals surface area contributed by atoms with Crippen molar-refractivity contribution < 1.29 is 19.2 Å². The third kappa shape index (κ3) is 6.33. The molecule has 1 amide bonds. The summed E-state index contributed by atoms with van der Waals surface area (Å²) >= 11 is 0. The summed E-state index contributed by atoms with van der Waals surface area (Å²) in [6.45, 7) is 5.08. The molecule has 0 aliphatic carbocycles. The van der Waals surface area contributed by atoms with Crippen LogP contribution in [0.15, 0.2) is 24.3 Å². The van der Waals surface area contributed by atoms with Crippen LogP contribution in [0, 0.1) is 10.1 Å². The summed E-state index contributed by atoms with van der Waals surface area (Å²) in [5.74, 6) is -0.931. The van der Waals surface area contributed by atoms with E-state index in [1.165, 1.54) is 18.2 Å². The van der Waals surface area contributed by atoms with E-state index in [1.807, 2.05) is 0 Å². The first kappa shape index (κ1) is 19.6. The van der Waals surface area contributed by atoms with E-state index < -0.39 is 16.9 Å². The zero-order valence-electron chi connectivity index (χ0n) is 14.0. The smallest absolute Gasteiger partial charge is 0.308 e. The standard InChI is InChI=1S/C16H23N3O5/c1-10(2)24-16(21)9-13(18-15(20)8-11(3)17)12-6-4-5-7-14(12)19(22)23/h4-7,10-11,13H,8-9,17H2,1-3H3,(H,18,20). The number of nitro groups is 1. The zero-order chi connectivity index (χ0) is 18.3. The van der Waals surface area contributed by atoms with Crippen molar-refractivity contribution in [1.82, 2.24) is 5.32 Å². The minimum Gasteiger partial charge on any atom is -0.463 e. The fourth-order valence-electron chi connectivity index (χ4n) is 2.21. The minimum absolute atomic E-state index is 0.0519. The molecule has 0 fully saturated rings. The summed E-state index contributed by atoms with van der Waals surface area (Å²) in [6, 6.07) is 4.75. The molecule has 0 heterocycles. The molecular formula is C16H23N3O5. The summed E-state index contributed by atoms with van der Waals surface area (Å²) in [4.78, 5) is 34.6. The van der Waals surface area contributed by atoms with Gasteiger partial charge in [-0.2, -0.15) is 0 Å². The van der Waals surface area contributed by atoms with E-state index in [4.69, 9.17) is 10.5 Å². The van der Waals surface area contributed by atoms with Crippen molar-refractivity contribution in [2.75, 3.05) is 0 Å². The van der Waals surface area contributed by atoms with Crippen LogP contribution >= 0.6 is 0 Å². The van der Waals surface area contributed by atoms with Gasteiger partial charge in [-0.05, 0) is 20.8 Å². The van der Waals surface area contributed by atoms with Crippen LogP contribution in [-0.4, -0.2) is 28.9 Å². The molecule has 0 saturated heterocycles. The zero-order valence-corrected chi connectivity index (χ0v) is 14.0. The Labute approximate surface area is 140 Å². The number of rotatable bonds is 8. The minimum atomic E-state index is -0.857. The second-order valence-electron chi connectivity index (χ2n) is 5.86. The predicted octanol–water partition coefficient (Wildman–Crippen LogP) is 1.83. The van der Waals surface area contributed by atoms with Crippen LogP contribution in [0.1, 0.15) is 45.2 Å². The Kier molecular flexibility index (Phi) is 7.31. The Morgan fingerprint density at radius 2 is 1.88 bits per heavy atom. The van der Waals surface area contributed by atoms with Crippen molar-refractivity contribution in [3.05, 3.63) is 39.9 Å². The first-order valence-corrected chi connectivity index (χ1v) is 7.68. The lowest BCUT2D eigenvalue weighted by molar-refractivity contribution is -0.385. The molecule has 8 nitrogen and oxygen atoms in total. The number of nitro benzene ring substituents is 1. The van der Waals surface area contributed by atoms with Gasteiger partial charge in [0.25, 0.3) is 5.69 Å². The van der Waals surface area contributed by atoms with Crippen LogP contribution < -0.4 is 11.1 Å². The third-order valence-electron chi connectivity index (χ3n) is 3.09. The first-order chi connectivity index (χ1) is 11.2. The van der Waals surface area contributed by atoms with Crippen LogP contribution in [0.2, 0.25) is 0 Å². The molecule has 0 aliphatic heterocycles. The molecule has 1 aromatic carbocycles. The number of amides is 1. The number of hydrogen-bond donors (Lipinski definition) is 2. The number of esters is 1. The van der Waals surface area contributed by atoms with Crippen LogP contribution in [0.3, 0.4) is 0 Å². The number of para-hydroxylation sites is 1. The van der Waals surface area contributed by atoms with Crippen molar-refractivity contribution in [3.8, 4) is 0 Å². The maximum Gasteiger partial charge on any atom is 0.308 e. The van der Waals surface area contributed by atoms with Gasteiger partial charge in [-0.25, -0.2) is 0 Å². The number of carbonyl (C=O) groups is 2. The summed E-state index contributed by atoms with van der Waals surface area (Å²) < 4.78 is 5.08. The number of nitrogens with two attached hydrogens (primary N) is 1.